The number of rotatable bonds is 12. The number of benzene rings is 6. The Hall–Kier alpha value is -7.09. The maximum Gasteiger partial charge on any atom is 0.296 e. The number of nitrogens with two attached hydrogens (primary N) is 2. The van der Waals surface area contributed by atoms with E-state index < -0.39 is 78.6 Å². The Morgan fingerprint density at radius 2 is 1.17 bits per heavy atom. The van der Waals surface area contributed by atoms with Crippen molar-refractivity contribution in [2.45, 2.75) is 14.7 Å². The Labute approximate surface area is 334 Å². The van der Waals surface area contributed by atoms with Crippen LogP contribution in [0.2, 0.25) is 0 Å². The van der Waals surface area contributed by atoms with Gasteiger partial charge in [0.15, 0.2) is 5.75 Å². The van der Waals surface area contributed by atoms with Gasteiger partial charge in [0.25, 0.3) is 30.4 Å². The molecule has 6 aromatic rings. The fourth-order valence-electron chi connectivity index (χ4n) is 5.39. The van der Waals surface area contributed by atoms with Crippen LogP contribution in [0.15, 0.2) is 142 Å². The van der Waals surface area contributed by atoms with E-state index in [1.807, 2.05) is 0 Å². The van der Waals surface area contributed by atoms with Gasteiger partial charge in [0, 0.05) is 23.5 Å². The molecule has 6 aromatic carbocycles. The van der Waals surface area contributed by atoms with Gasteiger partial charge in [0.05, 0.1) is 40.9 Å². The van der Waals surface area contributed by atoms with E-state index in [0.717, 1.165) is 12.1 Å². The fourth-order valence-corrected chi connectivity index (χ4v) is 7.38. The zero-order chi connectivity index (χ0) is 42.9. The van der Waals surface area contributed by atoms with E-state index in [1.54, 1.807) is 12.1 Å². The van der Waals surface area contributed by atoms with Gasteiger partial charge in [-0.05, 0) is 84.2 Å². The second kappa shape index (κ2) is 16.0. The first-order valence-electron chi connectivity index (χ1n) is 16.3. The van der Waals surface area contributed by atoms with Crippen molar-refractivity contribution in [3.05, 3.63) is 97.1 Å². The van der Waals surface area contributed by atoms with Gasteiger partial charge in [0.1, 0.15) is 43.2 Å². The highest BCUT2D eigenvalue weighted by atomic mass is 32.2. The van der Waals surface area contributed by atoms with Crippen molar-refractivity contribution < 1.29 is 53.9 Å². The summed E-state index contributed by atoms with van der Waals surface area (Å²) in [5.74, 6) is -0.823. The number of phenols is 2. The lowest BCUT2D eigenvalue weighted by atomic mass is 10.1. The highest BCUT2D eigenvalue weighted by Crippen LogP contribution is 2.48. The quantitative estimate of drug-likeness (QED) is 0.0327. The lowest BCUT2D eigenvalue weighted by Gasteiger charge is -2.14. The van der Waals surface area contributed by atoms with Gasteiger partial charge in [-0.25, -0.2) is 0 Å². The van der Waals surface area contributed by atoms with Crippen LogP contribution in [-0.4, -0.2) is 56.2 Å². The fraction of sp³-hybridized carbons (Fsp3) is 0.0286. The third kappa shape index (κ3) is 9.39. The van der Waals surface area contributed by atoms with Crippen molar-refractivity contribution >= 4 is 98.0 Å². The van der Waals surface area contributed by atoms with Gasteiger partial charge in [-0.1, -0.05) is 6.07 Å². The molecule has 0 aliphatic carbocycles. The number of fused-ring (bicyclic) bond motifs is 1. The van der Waals surface area contributed by atoms with Crippen LogP contribution < -0.4 is 21.5 Å². The molecule has 0 fully saturated rings. The Kier molecular flexibility index (Phi) is 11.3. The Balaban J connectivity index is 1.38. The van der Waals surface area contributed by atoms with Gasteiger partial charge in [-0.15, -0.1) is 15.3 Å². The van der Waals surface area contributed by atoms with Gasteiger partial charge >= 0.3 is 0 Å². The molecule has 6 rings (SSSR count). The summed E-state index contributed by atoms with van der Waals surface area (Å²) in [4.78, 5) is -2.73. The van der Waals surface area contributed by atoms with Crippen LogP contribution in [0, 0.1) is 0 Å². The third-order valence-corrected chi connectivity index (χ3v) is 10.7. The molecule has 59 heavy (non-hydrogen) atoms. The number of phenolic OH excluding ortho intramolecular Hbond substituents is 2. The van der Waals surface area contributed by atoms with Gasteiger partial charge in [-0.2, -0.15) is 40.6 Å². The molecule has 0 radical (unpaired) electrons. The Morgan fingerprint density at radius 3 is 1.78 bits per heavy atom. The molecule has 0 atom stereocenters. The second-order valence-electron chi connectivity index (χ2n) is 12.1. The molecular weight excluding hydrogens is 835 g/mol. The molecule has 0 aliphatic heterocycles. The minimum absolute atomic E-state index is 0.133. The SMILES string of the molecule is COc1cccc(N=Nc2c(S(=O)(=O)O)cc3cc(S(=O)(=O)O)c(N=Nc4ccc(Nc5ccc(N=Nc6ccc(N)cc6O)cc5)c(S(=O)(=O)O)c4)c(N)c3c2O)c1. The average Bonchev–Trinajstić information content (AvgIpc) is 3.16. The number of nitrogens with zero attached hydrogens (tertiary/aromatic N) is 6. The van der Waals surface area contributed by atoms with Crippen LogP contribution >= 0.6 is 0 Å². The molecule has 0 spiro atoms. The highest BCUT2D eigenvalue weighted by molar-refractivity contribution is 7.86. The van der Waals surface area contributed by atoms with E-state index in [2.05, 4.69) is 36.0 Å². The van der Waals surface area contributed by atoms with Crippen molar-refractivity contribution in [2.75, 3.05) is 23.9 Å². The van der Waals surface area contributed by atoms with Crippen LogP contribution in [0.5, 0.6) is 17.2 Å². The molecule has 0 saturated heterocycles. The second-order valence-corrected chi connectivity index (χ2v) is 16.3. The van der Waals surface area contributed by atoms with Crippen LogP contribution in [0.1, 0.15) is 0 Å². The van der Waals surface area contributed by atoms with Gasteiger partial charge in [-0.3, -0.25) is 13.7 Å². The molecule has 0 saturated carbocycles. The number of hydrogen-bond acceptors (Lipinski definition) is 18. The van der Waals surface area contributed by atoms with Crippen molar-refractivity contribution in [3.63, 3.8) is 0 Å². The number of anilines is 4. The summed E-state index contributed by atoms with van der Waals surface area (Å²) < 4.78 is 110. The minimum atomic E-state index is -5.23. The maximum atomic E-state index is 12.5. The summed E-state index contributed by atoms with van der Waals surface area (Å²) in [6.07, 6.45) is 0. The van der Waals surface area contributed by atoms with Crippen molar-refractivity contribution in [3.8, 4) is 17.2 Å². The van der Waals surface area contributed by atoms with Crippen molar-refractivity contribution in [2.24, 2.45) is 30.7 Å². The largest absolute Gasteiger partial charge is 0.506 e. The van der Waals surface area contributed by atoms with E-state index in [0.29, 0.717) is 28.9 Å². The summed E-state index contributed by atoms with van der Waals surface area (Å²) in [5, 5.41) is 46.6. The molecule has 0 bridgehead atoms. The first kappa shape index (κ1) is 41.5. The predicted octanol–water partition coefficient (Wildman–Crippen LogP) is 8.15. The molecular formula is C35H29N9O12S3. The first-order chi connectivity index (χ1) is 27.7. The molecule has 10 N–H and O–H groups in total. The van der Waals surface area contributed by atoms with Crippen molar-refractivity contribution in [1.29, 1.82) is 0 Å². The topological polar surface area (TPSA) is 351 Å². The van der Waals surface area contributed by atoms with E-state index in [1.165, 1.54) is 73.8 Å². The van der Waals surface area contributed by atoms with E-state index in [9.17, 15) is 49.1 Å². The van der Waals surface area contributed by atoms with Crippen LogP contribution in [0.25, 0.3) is 10.8 Å². The first-order valence-corrected chi connectivity index (χ1v) is 20.6. The van der Waals surface area contributed by atoms with Crippen molar-refractivity contribution in [1.82, 2.24) is 0 Å². The number of nitrogen functional groups attached to an aromatic ring is 2. The zero-order valence-electron chi connectivity index (χ0n) is 29.9. The Bertz CT molecular complexity index is 3090. The summed E-state index contributed by atoms with van der Waals surface area (Å²) in [6, 6.07) is 21.1. The predicted molar refractivity (Wildman–Crippen MR) is 214 cm³/mol. The van der Waals surface area contributed by atoms with E-state index in [4.69, 9.17) is 16.2 Å². The average molecular weight is 864 g/mol. The molecule has 24 heteroatoms. The third-order valence-electron chi connectivity index (χ3n) is 8.12. The lowest BCUT2D eigenvalue weighted by Crippen LogP contribution is -2.04. The number of azo groups is 3. The summed E-state index contributed by atoms with van der Waals surface area (Å²) in [5.41, 5.74) is 10.5. The molecule has 21 nitrogen and oxygen atoms in total. The number of aromatic hydroxyl groups is 2. The molecule has 0 aromatic heterocycles. The van der Waals surface area contributed by atoms with E-state index >= 15 is 0 Å². The lowest BCUT2D eigenvalue weighted by molar-refractivity contribution is 0.415. The van der Waals surface area contributed by atoms with Crippen LogP contribution in [-0.2, 0) is 30.4 Å². The number of nitrogens with one attached hydrogen (secondary N) is 1. The minimum Gasteiger partial charge on any atom is -0.506 e. The molecule has 0 unspecified atom stereocenters. The number of ether oxygens (including phenoxy) is 1. The molecule has 0 aliphatic rings. The molecule has 0 amide bonds. The van der Waals surface area contributed by atoms with Gasteiger partial charge < -0.3 is 31.7 Å². The molecule has 304 valence electrons. The summed E-state index contributed by atoms with van der Waals surface area (Å²) >= 11 is 0. The zero-order valence-corrected chi connectivity index (χ0v) is 32.3. The van der Waals surface area contributed by atoms with E-state index in [-0.39, 0.29) is 28.5 Å². The highest BCUT2D eigenvalue weighted by Gasteiger charge is 2.28. The maximum absolute atomic E-state index is 12.5. The summed E-state index contributed by atoms with van der Waals surface area (Å²) in [6.45, 7) is 0. The Morgan fingerprint density at radius 1 is 0.593 bits per heavy atom. The standard InChI is InChI=1S/C35H29N9O12S3/c1-56-24-4-2-3-22(16-24)40-44-34-30(59(53,54)55)14-18-13-29(58(50,51)52)33(32(37)31(18)35(34)46)43-41-23-10-12-26(28(17-23)57(47,48)49)38-20-6-8-21(9-7-20)39-42-25-11-5-19(36)15-27(25)45/h2-17,38,45-46H,36-37H2,1H3,(H,47,48,49)(H,50,51,52)(H,53,54,55). The van der Waals surface area contributed by atoms with Crippen LogP contribution in [0.4, 0.5) is 56.9 Å². The summed E-state index contributed by atoms with van der Waals surface area (Å²) in [7, 11) is -14.0. The smallest absolute Gasteiger partial charge is 0.296 e. The number of hydrogen-bond donors (Lipinski definition) is 8. The molecule has 0 heterocycles. The van der Waals surface area contributed by atoms with Crippen LogP contribution in [0.3, 0.4) is 0 Å². The normalized spacial score (nSPS) is 12.5. The number of methoxy groups -OCH3 is 1. The monoisotopic (exact) mass is 863 g/mol. The van der Waals surface area contributed by atoms with Gasteiger partial charge in [0.2, 0.25) is 0 Å².